The number of para-hydroxylation sites is 1. The van der Waals surface area contributed by atoms with Crippen LogP contribution in [0.2, 0.25) is 0 Å². The predicted molar refractivity (Wildman–Crippen MR) is 211 cm³/mol. The van der Waals surface area contributed by atoms with Crippen LogP contribution in [-0.4, -0.2) is 9.55 Å². The minimum atomic E-state index is -0.00890. The fraction of sp³-hybridized carbons (Fsp3) is 0.174. The number of hydrogen-bond donors (Lipinski definition) is 0. The monoisotopic (exact) mass is 860 g/mol. The van der Waals surface area contributed by atoms with Crippen molar-refractivity contribution in [3.63, 3.8) is 0 Å². The molecule has 0 atom stereocenters. The van der Waals surface area contributed by atoms with E-state index in [1.165, 1.54) is 33.4 Å². The van der Waals surface area contributed by atoms with Gasteiger partial charge in [0.2, 0.25) is 0 Å². The van der Waals surface area contributed by atoms with Crippen LogP contribution in [0.5, 0.6) is 11.5 Å². The molecule has 0 aliphatic carbocycles. The van der Waals surface area contributed by atoms with Crippen molar-refractivity contribution in [1.82, 2.24) is 9.55 Å². The topological polar surface area (TPSA) is 33.5 Å². The molecule has 3 heterocycles. The maximum Gasteiger partial charge on any atom is 0.135 e. The summed E-state index contributed by atoms with van der Waals surface area (Å²) in [6.45, 7) is 17.4. The van der Waals surface area contributed by atoms with Crippen LogP contribution in [0.3, 0.4) is 0 Å². The van der Waals surface area contributed by atoms with Crippen molar-refractivity contribution in [3.05, 3.63) is 168 Å². The third-order valence-electron chi connectivity index (χ3n) is 9.63. The predicted octanol–water partition coefficient (Wildman–Crippen LogP) is 11.5. The summed E-state index contributed by atoms with van der Waals surface area (Å²) in [6.07, 6.45) is 4.11. The molecule has 0 spiro atoms. The molecule has 0 saturated carbocycles. The molecule has 5 aromatic carbocycles. The molecule has 0 fully saturated rings. The van der Waals surface area contributed by atoms with E-state index in [1.54, 1.807) is 0 Å². The Balaban J connectivity index is 0.00000420. The fourth-order valence-corrected chi connectivity index (χ4v) is 7.18. The van der Waals surface area contributed by atoms with E-state index in [-0.39, 0.29) is 26.5 Å². The summed E-state index contributed by atoms with van der Waals surface area (Å²) < 4.78 is 8.75. The zero-order valence-electron chi connectivity index (χ0n) is 30.6. The zero-order valence-corrected chi connectivity index (χ0v) is 32.8. The summed E-state index contributed by atoms with van der Waals surface area (Å²) in [5, 5.41) is 2.25. The van der Waals surface area contributed by atoms with Crippen molar-refractivity contribution in [2.45, 2.75) is 53.9 Å². The Labute approximate surface area is 321 Å². The molecule has 52 heavy (non-hydrogen) atoms. The van der Waals surface area contributed by atoms with Gasteiger partial charge in [-0.15, -0.1) is 48.1 Å². The second kappa shape index (κ2) is 13.8. The van der Waals surface area contributed by atoms with Gasteiger partial charge in [0.1, 0.15) is 5.82 Å². The van der Waals surface area contributed by atoms with Crippen molar-refractivity contribution >= 4 is 38.9 Å². The minimum absolute atomic E-state index is 0. The van der Waals surface area contributed by atoms with Crippen molar-refractivity contribution in [3.8, 4) is 17.3 Å². The summed E-state index contributed by atoms with van der Waals surface area (Å²) in [6, 6.07) is 43.2. The second-order valence-electron chi connectivity index (χ2n) is 14.6. The smallest absolute Gasteiger partial charge is 0.135 e. The number of anilines is 2. The normalized spacial score (nSPS) is 13.1. The average molecular weight is 861 g/mol. The Morgan fingerprint density at radius 1 is 0.712 bits per heavy atom. The molecule has 0 bridgehead atoms. The van der Waals surface area contributed by atoms with Crippen molar-refractivity contribution in [1.29, 1.82) is 0 Å². The molecule has 0 unspecified atom stereocenters. The van der Waals surface area contributed by atoms with Gasteiger partial charge in [0, 0.05) is 61.2 Å². The number of aromatic nitrogens is 2. The van der Waals surface area contributed by atoms with E-state index >= 15 is 0 Å². The molecule has 0 saturated heterocycles. The number of rotatable bonds is 6. The molecule has 264 valence electrons. The Morgan fingerprint density at radius 3 is 2.17 bits per heavy atom. The first kappa shape index (κ1) is 35.3. The molecule has 8 rings (SSSR count). The summed E-state index contributed by atoms with van der Waals surface area (Å²) >= 11 is 0. The second-order valence-corrected chi connectivity index (χ2v) is 14.6. The van der Waals surface area contributed by atoms with Gasteiger partial charge in [-0.2, -0.15) is 12.1 Å². The van der Waals surface area contributed by atoms with Crippen LogP contribution >= 0.6 is 0 Å². The first-order chi connectivity index (χ1) is 24.5. The number of benzene rings is 5. The van der Waals surface area contributed by atoms with Crippen LogP contribution < -0.4 is 14.5 Å². The van der Waals surface area contributed by atoms with Gasteiger partial charge in [-0.1, -0.05) is 68.8 Å². The molecule has 1 aliphatic rings. The molecular weight excluding hydrogens is 820 g/mol. The SMILES string of the molecule is Cc1cc(C)cc(N2C=C(c3c(C)cccc3C)N(c3[c-]c(Oc4[c-]c5c(cc4)c4ccccc4n5-c4cc(C(C)(C)C)ccn4)ccc3)[CH-]2)c1.[Pt]. The van der Waals surface area contributed by atoms with Crippen LogP contribution in [0, 0.1) is 46.5 Å². The molecule has 0 amide bonds. The van der Waals surface area contributed by atoms with Crippen molar-refractivity contribution in [2.24, 2.45) is 0 Å². The van der Waals surface area contributed by atoms with Gasteiger partial charge in [0.15, 0.2) is 0 Å². The summed E-state index contributed by atoms with van der Waals surface area (Å²) in [7, 11) is 0. The van der Waals surface area contributed by atoms with E-state index < -0.39 is 0 Å². The third-order valence-corrected chi connectivity index (χ3v) is 9.63. The van der Waals surface area contributed by atoms with Crippen LogP contribution in [-0.2, 0) is 26.5 Å². The number of nitrogens with zero attached hydrogens (tertiary/aromatic N) is 4. The molecule has 0 radical (unpaired) electrons. The Kier molecular flexibility index (Phi) is 9.35. The van der Waals surface area contributed by atoms with Crippen molar-refractivity contribution in [2.75, 3.05) is 9.80 Å². The molecule has 0 N–H and O–H groups in total. The summed E-state index contributed by atoms with van der Waals surface area (Å²) in [4.78, 5) is 9.23. The summed E-state index contributed by atoms with van der Waals surface area (Å²) in [5.41, 5.74) is 12.4. The molecule has 6 heteroatoms. The van der Waals surface area contributed by atoms with Gasteiger partial charge in [0.25, 0.3) is 0 Å². The average Bonchev–Trinajstić information content (AvgIpc) is 3.67. The van der Waals surface area contributed by atoms with E-state index in [0.29, 0.717) is 11.5 Å². The van der Waals surface area contributed by atoms with Crippen LogP contribution in [0.25, 0.3) is 33.3 Å². The Bertz CT molecular complexity index is 2450. The zero-order chi connectivity index (χ0) is 35.4. The Morgan fingerprint density at radius 2 is 1.42 bits per heavy atom. The number of pyridine rings is 1. The van der Waals surface area contributed by atoms with E-state index in [1.807, 2.05) is 24.4 Å². The minimum Gasteiger partial charge on any atom is -0.509 e. The Hall–Kier alpha value is -5.12. The van der Waals surface area contributed by atoms with E-state index in [2.05, 4.69) is 173 Å². The molecule has 1 aliphatic heterocycles. The number of aryl methyl sites for hydroxylation is 4. The maximum absolute atomic E-state index is 6.56. The quantitative estimate of drug-likeness (QED) is 0.156. The van der Waals surface area contributed by atoms with Gasteiger partial charge in [-0.3, -0.25) is 0 Å². The van der Waals surface area contributed by atoms with Crippen molar-refractivity contribution < 1.29 is 25.8 Å². The van der Waals surface area contributed by atoms with Gasteiger partial charge >= 0.3 is 0 Å². The number of ether oxygens (including phenoxy) is 1. The standard InChI is InChI=1S/C46H41N4O.Pt/c1-30-22-31(2)24-36(23-30)48-28-43(45-32(3)12-10-13-33(45)4)49(29-48)35-14-11-15-37(26-35)51-38-18-19-40-39-16-8-9-17-41(39)50(42(40)27-38)44-25-34(20-21-47-44)46(5,6)7;/h8-25,28-29H,1-7H3;/q-3;. The summed E-state index contributed by atoms with van der Waals surface area (Å²) in [5.74, 6) is 2.08. The van der Waals surface area contributed by atoms with Crippen LogP contribution in [0.4, 0.5) is 11.4 Å². The van der Waals surface area contributed by atoms with Crippen LogP contribution in [0.15, 0.2) is 116 Å². The molecule has 2 aromatic heterocycles. The van der Waals surface area contributed by atoms with Gasteiger partial charge < -0.3 is 19.1 Å². The largest absolute Gasteiger partial charge is 0.509 e. The number of hydrogen-bond acceptors (Lipinski definition) is 4. The first-order valence-electron chi connectivity index (χ1n) is 17.5. The number of fused-ring (bicyclic) bond motifs is 3. The van der Waals surface area contributed by atoms with E-state index in [4.69, 9.17) is 9.72 Å². The first-order valence-corrected chi connectivity index (χ1v) is 17.5. The maximum atomic E-state index is 6.56. The molecular formula is C46H41N4OPt-3. The molecule has 5 nitrogen and oxygen atoms in total. The third kappa shape index (κ3) is 6.55. The van der Waals surface area contributed by atoms with E-state index in [0.717, 1.165) is 44.7 Å². The fourth-order valence-electron chi connectivity index (χ4n) is 7.18. The van der Waals surface area contributed by atoms with Gasteiger partial charge in [-0.05, 0) is 103 Å². The van der Waals surface area contributed by atoms with E-state index in [9.17, 15) is 0 Å². The van der Waals surface area contributed by atoms with Gasteiger partial charge in [-0.25, -0.2) is 4.98 Å². The molecule has 7 aromatic rings. The van der Waals surface area contributed by atoms with Gasteiger partial charge in [0.05, 0.1) is 0 Å². The van der Waals surface area contributed by atoms with Crippen LogP contribution in [0.1, 0.15) is 54.2 Å².